The van der Waals surface area contributed by atoms with Gasteiger partial charge in [0.15, 0.2) is 0 Å². The third kappa shape index (κ3) is 13.6. The number of aryl methyl sites for hydroxylation is 2. The van der Waals surface area contributed by atoms with Crippen LogP contribution in [-0.2, 0) is 0 Å². The first-order chi connectivity index (χ1) is 67.8. The molecule has 6 heteroatoms. The lowest BCUT2D eigenvalue weighted by Gasteiger charge is -2.16. The van der Waals surface area contributed by atoms with Gasteiger partial charge in [0.05, 0.1) is 83.8 Å². The minimum Gasteiger partial charge on any atom is -0.309 e. The fraction of sp³-hybridized carbons (Fsp3) is 0.0153. The Bertz CT molecular complexity index is 9590. The van der Waals surface area contributed by atoms with Gasteiger partial charge in [-0.3, -0.25) is 0 Å². The van der Waals surface area contributed by atoms with E-state index in [1.807, 2.05) is 0 Å². The molecule has 22 aromatic carbocycles. The molecule has 28 aromatic rings. The molecule has 0 fully saturated rings. The van der Waals surface area contributed by atoms with Crippen molar-refractivity contribution in [2.45, 2.75) is 13.8 Å². The first-order valence-corrected chi connectivity index (χ1v) is 47.1. The predicted octanol–water partition coefficient (Wildman–Crippen LogP) is 35.2. The van der Waals surface area contributed by atoms with Gasteiger partial charge in [-0.2, -0.15) is 0 Å². The first kappa shape index (κ1) is 79.9. The molecule has 0 aliphatic rings. The molecule has 0 bridgehead atoms. The van der Waals surface area contributed by atoms with Gasteiger partial charge in [-0.25, -0.2) is 15.0 Å². The van der Waals surface area contributed by atoms with Crippen LogP contribution in [0, 0.1) is 13.8 Å². The lowest BCUT2D eigenvalue weighted by Crippen LogP contribution is -1.98. The average Bonchev–Trinajstić information content (AvgIpc) is 1.50. The van der Waals surface area contributed by atoms with E-state index < -0.39 is 0 Å². The van der Waals surface area contributed by atoms with Gasteiger partial charge < -0.3 is 13.7 Å². The van der Waals surface area contributed by atoms with E-state index in [1.165, 1.54) is 180 Å². The molecule has 0 unspecified atom stereocenters. The summed E-state index contributed by atoms with van der Waals surface area (Å²) in [4.78, 5) is 16.5. The number of pyridine rings is 3. The molecule has 640 valence electrons. The van der Waals surface area contributed by atoms with Crippen LogP contribution in [0.5, 0.6) is 0 Å². The molecule has 0 amide bonds. The highest BCUT2D eigenvalue weighted by atomic mass is 15.0. The summed E-state index contributed by atoms with van der Waals surface area (Å²) in [6, 6.07) is 175. The molecular weight excluding hydrogens is 1660 g/mol. The van der Waals surface area contributed by atoms with Gasteiger partial charge >= 0.3 is 0 Å². The van der Waals surface area contributed by atoms with Crippen molar-refractivity contribution >= 4 is 163 Å². The third-order valence-corrected chi connectivity index (χ3v) is 28.1. The number of nitrogens with zero attached hydrogens (tertiary/aromatic N) is 6. The Labute approximate surface area is 791 Å². The van der Waals surface area contributed by atoms with Crippen molar-refractivity contribution in [1.82, 2.24) is 28.7 Å². The van der Waals surface area contributed by atoms with Crippen LogP contribution < -0.4 is 0 Å². The molecule has 0 N–H and O–H groups in total. The lowest BCUT2D eigenvalue weighted by atomic mass is 9.91. The molecule has 28 rings (SSSR count). The number of benzene rings is 22. The summed E-state index contributed by atoms with van der Waals surface area (Å²) in [5, 5.41) is 25.7. The zero-order valence-corrected chi connectivity index (χ0v) is 75.4. The van der Waals surface area contributed by atoms with Gasteiger partial charge in [0, 0.05) is 81.3 Å². The normalized spacial score (nSPS) is 11.7. The van der Waals surface area contributed by atoms with Crippen molar-refractivity contribution in [3.63, 3.8) is 0 Å². The van der Waals surface area contributed by atoms with E-state index in [0.29, 0.717) is 0 Å². The van der Waals surface area contributed by atoms with Crippen LogP contribution in [0.3, 0.4) is 0 Å². The molecule has 6 aromatic heterocycles. The van der Waals surface area contributed by atoms with E-state index >= 15 is 0 Å². The Morgan fingerprint density at radius 3 is 0.672 bits per heavy atom. The molecule has 0 saturated carbocycles. The second kappa shape index (κ2) is 33.1. The molecule has 6 heterocycles. The predicted molar refractivity (Wildman–Crippen MR) is 581 cm³/mol. The largest absolute Gasteiger partial charge is 0.309 e. The van der Waals surface area contributed by atoms with E-state index in [9.17, 15) is 0 Å². The molecular formula is C131H86N6. The lowest BCUT2D eigenvalue weighted by molar-refractivity contribution is 1.18. The number of hydrogen-bond acceptors (Lipinski definition) is 3. The van der Waals surface area contributed by atoms with Crippen LogP contribution in [0.1, 0.15) is 11.1 Å². The fourth-order valence-corrected chi connectivity index (χ4v) is 21.7. The molecule has 0 spiro atoms. The molecule has 0 atom stereocenters. The van der Waals surface area contributed by atoms with Gasteiger partial charge in [0.1, 0.15) is 0 Å². The maximum Gasteiger partial charge on any atom is 0.0794 e. The smallest absolute Gasteiger partial charge is 0.0794 e. The van der Waals surface area contributed by atoms with Crippen molar-refractivity contribution in [2.24, 2.45) is 0 Å². The van der Waals surface area contributed by atoms with Crippen LogP contribution in [0.4, 0.5) is 0 Å². The minimum atomic E-state index is 0.954. The van der Waals surface area contributed by atoms with Crippen molar-refractivity contribution in [3.8, 4) is 95.3 Å². The zero-order chi connectivity index (χ0) is 90.7. The average molecular weight is 1740 g/mol. The van der Waals surface area contributed by atoms with Crippen molar-refractivity contribution in [3.05, 3.63) is 496 Å². The van der Waals surface area contributed by atoms with Gasteiger partial charge in [-0.1, -0.05) is 375 Å². The van der Waals surface area contributed by atoms with Crippen LogP contribution in [0.2, 0.25) is 0 Å². The molecule has 0 saturated heterocycles. The number of aromatic nitrogens is 6. The highest BCUT2D eigenvalue weighted by molar-refractivity contribution is 6.29. The van der Waals surface area contributed by atoms with Gasteiger partial charge in [-0.15, -0.1) is 0 Å². The standard InChI is InChI=1S/2C47H30N2.C37H26N2/c1-3-13-31(14-4-1)33-23-25-35-36-26-24-34(32-15-5-2-6-16-32)30-42(36)47-39(41(35)29-33)27-28-43(48-47)40-19-9-12-22-46(40)49-44-20-10-7-17-37(44)38-18-8-11-21-45(38)49;1-3-13-31(14-4-1)33-23-25-35-38-27-28-43(48-47(38)39-26-24-34(30-42(39)41(35)29-33)32-15-5-2-6-16-32)40-19-9-12-22-46(40)49-44-20-10-7-17-36(44)37-18-8-11-21-45(37)49;1-23-15-17-25-26-18-16-24(2)22-32(26)37-29(31(25)21-23)19-20-33(38-37)30-11-5-8-14-36(30)39-34-12-6-3-9-27(34)28-10-4-7-13-35(28)39/h2*1-30H;3-22H,1-2H3. The third-order valence-electron chi connectivity index (χ3n) is 28.1. The molecule has 137 heavy (non-hydrogen) atoms. The Hall–Kier alpha value is -18.0. The highest BCUT2D eigenvalue weighted by Crippen LogP contribution is 2.47. The van der Waals surface area contributed by atoms with Gasteiger partial charge in [0.2, 0.25) is 0 Å². The van der Waals surface area contributed by atoms with Gasteiger partial charge in [-0.05, 0) is 228 Å². The molecule has 0 aliphatic heterocycles. The maximum atomic E-state index is 5.58. The summed E-state index contributed by atoms with van der Waals surface area (Å²) in [5.41, 5.74) is 32.0. The first-order valence-electron chi connectivity index (χ1n) is 47.1. The maximum absolute atomic E-state index is 5.58. The van der Waals surface area contributed by atoms with Gasteiger partial charge in [0.25, 0.3) is 0 Å². The van der Waals surface area contributed by atoms with Crippen LogP contribution >= 0.6 is 0 Å². The van der Waals surface area contributed by atoms with E-state index in [1.54, 1.807) is 0 Å². The summed E-state index contributed by atoms with van der Waals surface area (Å²) >= 11 is 0. The van der Waals surface area contributed by atoms with Crippen LogP contribution in [-0.4, -0.2) is 28.7 Å². The number of rotatable bonds is 10. The van der Waals surface area contributed by atoms with E-state index in [4.69, 9.17) is 15.0 Å². The topological polar surface area (TPSA) is 53.5 Å². The second-order valence-corrected chi connectivity index (χ2v) is 36.0. The Balaban J connectivity index is 0.000000107. The number of hydrogen-bond donors (Lipinski definition) is 0. The molecule has 0 radical (unpaired) electrons. The van der Waals surface area contributed by atoms with Crippen LogP contribution in [0.15, 0.2) is 485 Å². The van der Waals surface area contributed by atoms with E-state index in [-0.39, 0.29) is 0 Å². The SMILES string of the molecule is Cc1ccc2c(c1)c1ccc(-c3ccccc3-n3c4ccccc4c4ccccc43)nc1c1cc(C)ccc21.c1ccc(-c2ccc3c(c2)c2cc(-c4ccccc4)ccc2c2nc(-c4ccccc4-n4c5ccccc5c5ccccc54)ccc32)cc1.c1ccc(-c2ccc3c(c2)c2ccc(-c4ccccc4-n4c5ccccc5c5ccccc54)nc2c2cc(-c4ccccc4)ccc32)cc1. The summed E-state index contributed by atoms with van der Waals surface area (Å²) in [6.07, 6.45) is 0. The van der Waals surface area contributed by atoms with E-state index in [0.717, 1.165) is 88.9 Å². The second-order valence-electron chi connectivity index (χ2n) is 36.0. The molecule has 6 nitrogen and oxygen atoms in total. The number of para-hydroxylation sites is 9. The molecule has 0 aliphatic carbocycles. The Morgan fingerprint density at radius 1 is 0.139 bits per heavy atom. The van der Waals surface area contributed by atoms with E-state index in [2.05, 4.69) is 513 Å². The van der Waals surface area contributed by atoms with Crippen molar-refractivity contribution in [2.75, 3.05) is 0 Å². The zero-order valence-electron chi connectivity index (χ0n) is 75.4. The monoisotopic (exact) mass is 1740 g/mol. The highest BCUT2D eigenvalue weighted by Gasteiger charge is 2.25. The van der Waals surface area contributed by atoms with Crippen molar-refractivity contribution in [1.29, 1.82) is 0 Å². The minimum absolute atomic E-state index is 0.954. The fourth-order valence-electron chi connectivity index (χ4n) is 21.7. The Kier molecular flexibility index (Phi) is 19.3. The summed E-state index contributed by atoms with van der Waals surface area (Å²) in [6.45, 7) is 4.32. The summed E-state index contributed by atoms with van der Waals surface area (Å²) in [5.74, 6) is 0. The summed E-state index contributed by atoms with van der Waals surface area (Å²) in [7, 11) is 0. The van der Waals surface area contributed by atoms with Crippen molar-refractivity contribution < 1.29 is 0 Å². The summed E-state index contributed by atoms with van der Waals surface area (Å²) < 4.78 is 7.17. The number of fused-ring (bicyclic) bond motifs is 27. The van der Waals surface area contributed by atoms with Crippen LogP contribution in [0.25, 0.3) is 258 Å². The Morgan fingerprint density at radius 2 is 0.343 bits per heavy atom. The quantitative estimate of drug-likeness (QED) is 0.128.